The van der Waals surface area contributed by atoms with E-state index in [1.165, 1.54) is 26.4 Å². The second-order valence-electron chi connectivity index (χ2n) is 4.26. The molecule has 0 aliphatic rings. The van der Waals surface area contributed by atoms with Crippen molar-refractivity contribution >= 4 is 25.6 Å². The summed E-state index contributed by atoms with van der Waals surface area (Å²) >= 11 is 0. The molecule has 0 aromatic heterocycles. The Kier molecular flexibility index (Phi) is 6.29. The number of rotatable bonds is 7. The third kappa shape index (κ3) is 4.50. The van der Waals surface area contributed by atoms with Crippen LogP contribution in [0, 0.1) is 0 Å². The van der Waals surface area contributed by atoms with E-state index in [2.05, 4.69) is 5.32 Å². The van der Waals surface area contributed by atoms with Gasteiger partial charge >= 0.3 is 0 Å². The molecule has 0 spiro atoms. The minimum Gasteiger partial charge on any atom is -0.493 e. The van der Waals surface area contributed by atoms with Crippen molar-refractivity contribution in [2.75, 3.05) is 20.8 Å². The molecule has 0 bridgehead atoms. The van der Waals surface area contributed by atoms with Crippen molar-refractivity contribution in [2.45, 2.75) is 24.7 Å². The highest BCUT2D eigenvalue weighted by Gasteiger charge is 2.23. The molecule has 0 aliphatic carbocycles. The van der Waals surface area contributed by atoms with E-state index in [0.29, 0.717) is 6.54 Å². The Balaban J connectivity index is 3.27. The highest BCUT2D eigenvalue weighted by atomic mass is 35.7. The highest BCUT2D eigenvalue weighted by molar-refractivity contribution is 8.13. The maximum Gasteiger partial charge on any atom is 0.265 e. The predicted molar refractivity (Wildman–Crippen MR) is 79.8 cm³/mol. The third-order valence-corrected chi connectivity index (χ3v) is 4.11. The molecule has 1 aromatic carbocycles. The van der Waals surface area contributed by atoms with Gasteiger partial charge in [0.25, 0.3) is 15.0 Å². The van der Waals surface area contributed by atoms with Crippen LogP contribution in [0.4, 0.5) is 0 Å². The summed E-state index contributed by atoms with van der Waals surface area (Å²) in [5.41, 5.74) is 0.142. The SMILES string of the molecule is CCCCNC(=O)c1cc(OC)c(OC)c(S(=O)(=O)Cl)c1. The number of carbonyl (C=O) groups is 1. The number of methoxy groups -OCH3 is 2. The third-order valence-electron chi connectivity index (χ3n) is 2.79. The van der Waals surface area contributed by atoms with Crippen LogP contribution in [0.25, 0.3) is 0 Å². The Bertz CT molecular complexity index is 615. The standard InChI is InChI=1S/C13H18ClNO5S/c1-4-5-6-15-13(16)9-7-10(19-2)12(20-3)11(8-9)21(14,17)18/h7-8H,4-6H2,1-3H3,(H,15,16). The normalized spacial score (nSPS) is 11.0. The minimum atomic E-state index is -4.07. The van der Waals surface area contributed by atoms with Crippen molar-refractivity contribution < 1.29 is 22.7 Å². The first kappa shape index (κ1) is 17.6. The van der Waals surface area contributed by atoms with Crippen LogP contribution in [-0.4, -0.2) is 35.1 Å². The summed E-state index contributed by atoms with van der Waals surface area (Å²) in [4.78, 5) is 11.7. The van der Waals surface area contributed by atoms with Crippen molar-refractivity contribution in [3.8, 4) is 11.5 Å². The fourth-order valence-electron chi connectivity index (χ4n) is 1.72. The molecule has 1 aromatic rings. The molecule has 0 atom stereocenters. The predicted octanol–water partition coefficient (Wildman–Crippen LogP) is 2.16. The number of halogens is 1. The second kappa shape index (κ2) is 7.51. The number of ether oxygens (including phenoxy) is 2. The quantitative estimate of drug-likeness (QED) is 0.610. The summed E-state index contributed by atoms with van der Waals surface area (Å²) in [6.45, 7) is 2.51. The maximum absolute atomic E-state index is 12.0. The molecule has 21 heavy (non-hydrogen) atoms. The number of nitrogens with one attached hydrogen (secondary N) is 1. The number of amides is 1. The van der Waals surface area contributed by atoms with Gasteiger partial charge < -0.3 is 14.8 Å². The van der Waals surface area contributed by atoms with Gasteiger partial charge in [0.2, 0.25) is 0 Å². The Hall–Kier alpha value is -1.47. The molecule has 0 saturated carbocycles. The molecule has 6 nitrogen and oxygen atoms in total. The first-order valence-electron chi connectivity index (χ1n) is 6.34. The zero-order valence-electron chi connectivity index (χ0n) is 12.1. The monoisotopic (exact) mass is 335 g/mol. The molecule has 118 valence electrons. The van der Waals surface area contributed by atoms with E-state index in [1.54, 1.807) is 0 Å². The lowest BCUT2D eigenvalue weighted by Crippen LogP contribution is -2.24. The molecule has 0 heterocycles. The van der Waals surface area contributed by atoms with Crippen LogP contribution in [0.3, 0.4) is 0 Å². The Morgan fingerprint density at radius 1 is 1.29 bits per heavy atom. The molecule has 1 rings (SSSR count). The molecule has 0 fully saturated rings. The van der Waals surface area contributed by atoms with Crippen LogP contribution in [-0.2, 0) is 9.05 Å². The van der Waals surface area contributed by atoms with Gasteiger partial charge in [-0.15, -0.1) is 0 Å². The van der Waals surface area contributed by atoms with Gasteiger partial charge in [-0.05, 0) is 18.6 Å². The zero-order valence-corrected chi connectivity index (χ0v) is 13.7. The van der Waals surface area contributed by atoms with Crippen LogP contribution >= 0.6 is 10.7 Å². The van der Waals surface area contributed by atoms with E-state index in [-0.39, 0.29) is 22.0 Å². The lowest BCUT2D eigenvalue weighted by Gasteiger charge is -2.13. The van der Waals surface area contributed by atoms with Gasteiger partial charge in [-0.1, -0.05) is 13.3 Å². The largest absolute Gasteiger partial charge is 0.493 e. The Morgan fingerprint density at radius 2 is 1.95 bits per heavy atom. The molecule has 8 heteroatoms. The zero-order chi connectivity index (χ0) is 16.0. The topological polar surface area (TPSA) is 81.7 Å². The van der Waals surface area contributed by atoms with Crippen LogP contribution in [0.2, 0.25) is 0 Å². The maximum atomic E-state index is 12.0. The summed E-state index contributed by atoms with van der Waals surface area (Å²) in [5.74, 6) is -0.302. The Labute approximate surface area is 128 Å². The second-order valence-corrected chi connectivity index (χ2v) is 6.79. The fraction of sp³-hybridized carbons (Fsp3) is 0.462. The van der Waals surface area contributed by atoms with Gasteiger partial charge in [0.15, 0.2) is 11.5 Å². The smallest absolute Gasteiger partial charge is 0.265 e. The van der Waals surface area contributed by atoms with Gasteiger partial charge in [-0.3, -0.25) is 4.79 Å². The van der Waals surface area contributed by atoms with Gasteiger partial charge in [0.1, 0.15) is 4.90 Å². The van der Waals surface area contributed by atoms with E-state index in [4.69, 9.17) is 20.2 Å². The van der Waals surface area contributed by atoms with E-state index >= 15 is 0 Å². The Morgan fingerprint density at radius 3 is 2.43 bits per heavy atom. The molecule has 0 aliphatic heterocycles. The number of hydrogen-bond acceptors (Lipinski definition) is 5. The van der Waals surface area contributed by atoms with Gasteiger partial charge in [-0.25, -0.2) is 8.42 Å². The number of hydrogen-bond donors (Lipinski definition) is 1. The average molecular weight is 336 g/mol. The number of unbranched alkanes of at least 4 members (excludes halogenated alkanes) is 1. The van der Waals surface area contributed by atoms with Gasteiger partial charge in [-0.2, -0.15) is 0 Å². The molecule has 0 unspecified atom stereocenters. The molecule has 1 amide bonds. The molecule has 1 N–H and O–H groups in total. The molecule has 0 saturated heterocycles. The number of benzene rings is 1. The van der Waals surface area contributed by atoms with Crippen molar-refractivity contribution in [3.63, 3.8) is 0 Å². The van der Waals surface area contributed by atoms with Crippen molar-refractivity contribution in [1.82, 2.24) is 5.32 Å². The van der Waals surface area contributed by atoms with Crippen molar-refractivity contribution in [1.29, 1.82) is 0 Å². The summed E-state index contributed by atoms with van der Waals surface area (Å²) in [6, 6.07) is 2.58. The van der Waals surface area contributed by atoms with Crippen LogP contribution < -0.4 is 14.8 Å². The van der Waals surface area contributed by atoms with E-state index < -0.39 is 15.0 Å². The first-order chi connectivity index (χ1) is 9.85. The van der Waals surface area contributed by atoms with Crippen LogP contribution in [0.15, 0.2) is 17.0 Å². The van der Waals surface area contributed by atoms with Gasteiger partial charge in [0.05, 0.1) is 14.2 Å². The molecular weight excluding hydrogens is 318 g/mol. The summed E-state index contributed by atoms with van der Waals surface area (Å²) < 4.78 is 33.3. The molecule has 0 radical (unpaired) electrons. The van der Waals surface area contributed by atoms with Crippen LogP contribution in [0.5, 0.6) is 11.5 Å². The van der Waals surface area contributed by atoms with Gasteiger partial charge in [0, 0.05) is 22.8 Å². The van der Waals surface area contributed by atoms with E-state index in [0.717, 1.165) is 12.8 Å². The fourth-order valence-corrected chi connectivity index (χ4v) is 2.74. The average Bonchev–Trinajstić information content (AvgIpc) is 2.44. The molecular formula is C13H18ClNO5S. The summed E-state index contributed by atoms with van der Waals surface area (Å²) in [6.07, 6.45) is 1.77. The van der Waals surface area contributed by atoms with Crippen molar-refractivity contribution in [3.05, 3.63) is 17.7 Å². The van der Waals surface area contributed by atoms with Crippen molar-refractivity contribution in [2.24, 2.45) is 0 Å². The highest BCUT2D eigenvalue weighted by Crippen LogP contribution is 2.37. The number of carbonyl (C=O) groups excluding carboxylic acids is 1. The lowest BCUT2D eigenvalue weighted by molar-refractivity contribution is 0.0952. The van der Waals surface area contributed by atoms with E-state index in [1.807, 2.05) is 6.92 Å². The summed E-state index contributed by atoms with van der Waals surface area (Å²) in [5, 5.41) is 2.69. The minimum absolute atomic E-state index is 0.0300. The van der Waals surface area contributed by atoms with E-state index in [9.17, 15) is 13.2 Å². The lowest BCUT2D eigenvalue weighted by atomic mass is 10.2. The summed E-state index contributed by atoms with van der Waals surface area (Å²) in [7, 11) is 3.95. The van der Waals surface area contributed by atoms with Crippen LogP contribution in [0.1, 0.15) is 30.1 Å². The first-order valence-corrected chi connectivity index (χ1v) is 8.65.